The highest BCUT2D eigenvalue weighted by atomic mass is 79.9. The summed E-state index contributed by atoms with van der Waals surface area (Å²) in [5.41, 5.74) is 3.94. The van der Waals surface area contributed by atoms with Gasteiger partial charge in [-0.05, 0) is 71.6 Å². The minimum Gasteiger partial charge on any atom is -0.456 e. The molecule has 0 N–H and O–H groups in total. The van der Waals surface area contributed by atoms with Crippen molar-refractivity contribution in [2.24, 2.45) is 0 Å². The summed E-state index contributed by atoms with van der Waals surface area (Å²) in [5.74, 6) is 1.37. The van der Waals surface area contributed by atoms with Gasteiger partial charge in [-0.3, -0.25) is 0 Å². The lowest BCUT2D eigenvalue weighted by Gasteiger charge is -2.13. The molecule has 0 spiro atoms. The van der Waals surface area contributed by atoms with Gasteiger partial charge < -0.3 is 4.74 Å². The monoisotopic (exact) mass is 315 g/mol. The minimum atomic E-state index is 0.515. The molecule has 2 rings (SSSR count). The molecule has 0 fully saturated rings. The standard InChI is InChI=1S/C16H14BrNO/c1-10-7-11(2)12(3)16(8-10)19-15-6-4-5-14(17)13(15)9-18/h4-8H,1-3H3. The second kappa shape index (κ2) is 5.46. The van der Waals surface area contributed by atoms with E-state index in [0.717, 1.165) is 21.3 Å². The first-order valence-corrected chi connectivity index (χ1v) is 6.76. The van der Waals surface area contributed by atoms with Gasteiger partial charge in [-0.2, -0.15) is 5.26 Å². The van der Waals surface area contributed by atoms with E-state index < -0.39 is 0 Å². The zero-order valence-corrected chi connectivity index (χ0v) is 12.7. The predicted octanol–water partition coefficient (Wildman–Crippen LogP) is 5.04. The third-order valence-corrected chi connectivity index (χ3v) is 3.73. The molecule has 0 aliphatic heterocycles. The van der Waals surface area contributed by atoms with E-state index in [1.807, 2.05) is 32.0 Å². The van der Waals surface area contributed by atoms with Crippen molar-refractivity contribution in [2.75, 3.05) is 0 Å². The van der Waals surface area contributed by atoms with Gasteiger partial charge in [0.25, 0.3) is 0 Å². The van der Waals surface area contributed by atoms with E-state index in [1.165, 1.54) is 5.56 Å². The number of aryl methyl sites for hydroxylation is 2. The van der Waals surface area contributed by atoms with Crippen LogP contribution in [0.25, 0.3) is 0 Å². The van der Waals surface area contributed by atoms with Gasteiger partial charge in [0.05, 0.1) is 0 Å². The van der Waals surface area contributed by atoms with Crippen LogP contribution in [0, 0.1) is 32.1 Å². The highest BCUT2D eigenvalue weighted by molar-refractivity contribution is 9.10. The van der Waals surface area contributed by atoms with Crippen molar-refractivity contribution in [3.05, 3.63) is 57.1 Å². The van der Waals surface area contributed by atoms with Crippen molar-refractivity contribution < 1.29 is 4.74 Å². The fourth-order valence-electron chi connectivity index (χ4n) is 1.92. The zero-order chi connectivity index (χ0) is 14.0. The highest BCUT2D eigenvalue weighted by Gasteiger charge is 2.11. The van der Waals surface area contributed by atoms with Crippen LogP contribution < -0.4 is 4.74 Å². The molecule has 2 aromatic rings. The lowest BCUT2D eigenvalue weighted by molar-refractivity contribution is 0.476. The van der Waals surface area contributed by atoms with Crippen LogP contribution in [-0.4, -0.2) is 0 Å². The molecule has 0 aliphatic rings. The maximum Gasteiger partial charge on any atom is 0.146 e. The molecule has 0 amide bonds. The molecule has 19 heavy (non-hydrogen) atoms. The number of rotatable bonds is 2. The van der Waals surface area contributed by atoms with Gasteiger partial charge in [0.2, 0.25) is 0 Å². The van der Waals surface area contributed by atoms with Crippen LogP contribution in [-0.2, 0) is 0 Å². The van der Waals surface area contributed by atoms with Crippen molar-refractivity contribution in [3.63, 3.8) is 0 Å². The lowest BCUT2D eigenvalue weighted by atomic mass is 10.1. The molecular weight excluding hydrogens is 302 g/mol. The van der Waals surface area contributed by atoms with Crippen LogP contribution in [0.1, 0.15) is 22.3 Å². The van der Waals surface area contributed by atoms with Gasteiger partial charge in [0.1, 0.15) is 23.1 Å². The molecule has 0 saturated carbocycles. The number of nitrogens with zero attached hydrogens (tertiary/aromatic N) is 1. The number of halogens is 1. The van der Waals surface area contributed by atoms with Crippen LogP contribution in [0.2, 0.25) is 0 Å². The van der Waals surface area contributed by atoms with E-state index in [0.29, 0.717) is 11.3 Å². The number of hydrogen-bond donors (Lipinski definition) is 0. The average Bonchev–Trinajstić information content (AvgIpc) is 2.35. The normalized spacial score (nSPS) is 10.1. The second-order valence-corrected chi connectivity index (χ2v) is 5.39. The molecule has 0 bridgehead atoms. The molecular formula is C16H14BrNO. The molecule has 3 heteroatoms. The molecule has 0 atom stereocenters. The van der Waals surface area contributed by atoms with E-state index >= 15 is 0 Å². The van der Waals surface area contributed by atoms with Crippen molar-refractivity contribution in [2.45, 2.75) is 20.8 Å². The molecule has 2 nitrogen and oxygen atoms in total. The number of benzene rings is 2. The van der Waals surface area contributed by atoms with Crippen LogP contribution >= 0.6 is 15.9 Å². The van der Waals surface area contributed by atoms with E-state index in [9.17, 15) is 5.26 Å². The van der Waals surface area contributed by atoms with E-state index in [-0.39, 0.29) is 0 Å². The van der Waals surface area contributed by atoms with E-state index in [2.05, 4.69) is 35.0 Å². The lowest BCUT2D eigenvalue weighted by Crippen LogP contribution is -1.94. The zero-order valence-electron chi connectivity index (χ0n) is 11.1. The smallest absolute Gasteiger partial charge is 0.146 e. The third-order valence-electron chi connectivity index (χ3n) is 3.07. The van der Waals surface area contributed by atoms with Crippen LogP contribution in [0.5, 0.6) is 11.5 Å². The number of ether oxygens (including phenoxy) is 1. The topological polar surface area (TPSA) is 33.0 Å². The first kappa shape index (κ1) is 13.6. The molecule has 0 heterocycles. The number of nitriles is 1. The van der Waals surface area contributed by atoms with E-state index in [4.69, 9.17) is 4.74 Å². The van der Waals surface area contributed by atoms with Crippen LogP contribution in [0.15, 0.2) is 34.8 Å². The fraction of sp³-hybridized carbons (Fsp3) is 0.188. The van der Waals surface area contributed by atoms with Gasteiger partial charge >= 0.3 is 0 Å². The Balaban J connectivity index is 2.48. The Morgan fingerprint density at radius 2 is 1.84 bits per heavy atom. The summed E-state index contributed by atoms with van der Waals surface area (Å²) in [7, 11) is 0. The molecule has 0 aromatic heterocycles. The van der Waals surface area contributed by atoms with Gasteiger partial charge in [0, 0.05) is 4.47 Å². The largest absolute Gasteiger partial charge is 0.456 e. The van der Waals surface area contributed by atoms with Crippen molar-refractivity contribution in [1.29, 1.82) is 5.26 Å². The molecule has 0 unspecified atom stereocenters. The second-order valence-electron chi connectivity index (χ2n) is 4.53. The molecule has 0 saturated heterocycles. The molecule has 0 aliphatic carbocycles. The summed E-state index contributed by atoms with van der Waals surface area (Å²) in [6, 6.07) is 11.8. The van der Waals surface area contributed by atoms with Crippen molar-refractivity contribution in [1.82, 2.24) is 0 Å². The average molecular weight is 316 g/mol. The summed E-state index contributed by atoms with van der Waals surface area (Å²) in [6.07, 6.45) is 0. The molecule has 96 valence electrons. The van der Waals surface area contributed by atoms with Crippen LogP contribution in [0.4, 0.5) is 0 Å². The Labute approximate surface area is 121 Å². The predicted molar refractivity (Wildman–Crippen MR) is 79.6 cm³/mol. The quantitative estimate of drug-likeness (QED) is 0.778. The summed E-state index contributed by atoms with van der Waals surface area (Å²) in [4.78, 5) is 0. The van der Waals surface area contributed by atoms with E-state index in [1.54, 1.807) is 6.07 Å². The minimum absolute atomic E-state index is 0.515. The van der Waals surface area contributed by atoms with Gasteiger partial charge in [-0.25, -0.2) is 0 Å². The first-order chi connectivity index (χ1) is 9.02. The molecule has 2 aromatic carbocycles. The van der Waals surface area contributed by atoms with Crippen LogP contribution in [0.3, 0.4) is 0 Å². The van der Waals surface area contributed by atoms with Crippen molar-refractivity contribution in [3.8, 4) is 17.6 Å². The SMILES string of the molecule is Cc1cc(C)c(C)c(Oc2cccc(Br)c2C#N)c1. The Morgan fingerprint density at radius 1 is 1.11 bits per heavy atom. The summed E-state index contributed by atoms with van der Waals surface area (Å²) in [5, 5.41) is 9.20. The summed E-state index contributed by atoms with van der Waals surface area (Å²) in [6.45, 7) is 6.11. The Kier molecular flexibility index (Phi) is 3.92. The highest BCUT2D eigenvalue weighted by Crippen LogP contribution is 2.33. The Hall–Kier alpha value is -1.79. The summed E-state index contributed by atoms with van der Waals surface area (Å²) < 4.78 is 6.67. The maximum atomic E-state index is 9.20. The first-order valence-electron chi connectivity index (χ1n) is 5.97. The fourth-order valence-corrected chi connectivity index (χ4v) is 2.36. The molecule has 0 radical (unpaired) electrons. The Morgan fingerprint density at radius 3 is 2.53 bits per heavy atom. The van der Waals surface area contributed by atoms with Gasteiger partial charge in [0.15, 0.2) is 0 Å². The summed E-state index contributed by atoms with van der Waals surface area (Å²) >= 11 is 3.37. The maximum absolute atomic E-state index is 9.20. The number of hydrogen-bond acceptors (Lipinski definition) is 2. The van der Waals surface area contributed by atoms with Gasteiger partial charge in [-0.1, -0.05) is 12.1 Å². The Bertz CT molecular complexity index is 671. The third kappa shape index (κ3) is 2.80. The van der Waals surface area contributed by atoms with Crippen molar-refractivity contribution >= 4 is 15.9 Å². The van der Waals surface area contributed by atoms with Gasteiger partial charge in [-0.15, -0.1) is 0 Å².